The summed E-state index contributed by atoms with van der Waals surface area (Å²) in [5, 5.41) is 5.12. The van der Waals surface area contributed by atoms with Gasteiger partial charge in [0.15, 0.2) is 0 Å². The lowest BCUT2D eigenvalue weighted by atomic mass is 9.85. The largest absolute Gasteiger partial charge is 0.384 e. The third kappa shape index (κ3) is 8.84. The quantitative estimate of drug-likeness (QED) is 0.550. The first kappa shape index (κ1) is 17.2. The number of nitrogens with two attached hydrogens (primary N) is 1. The minimum atomic E-state index is -3.42. The fourth-order valence-corrected chi connectivity index (χ4v) is 3.29. The van der Waals surface area contributed by atoms with Gasteiger partial charge in [-0.25, -0.2) is 13.6 Å². The fourth-order valence-electron chi connectivity index (χ4n) is 1.41. The Bertz CT molecular complexity index is 350. The van der Waals surface area contributed by atoms with Crippen molar-refractivity contribution in [2.75, 3.05) is 14.1 Å². The van der Waals surface area contributed by atoms with Crippen LogP contribution >= 0.6 is 22.6 Å². The second-order valence-electron chi connectivity index (χ2n) is 5.25. The monoisotopic (exact) mass is 374 g/mol. The average Bonchev–Trinajstić information content (AvgIpc) is 2.10. The molecular formula is C11H23IN2O2S. The molecule has 0 aromatic heterocycles. The molecule has 0 aliphatic carbocycles. The number of nitrogens with zero attached hydrogens (tertiary/aromatic N) is 1. The highest BCUT2D eigenvalue weighted by molar-refractivity contribution is 14.1. The summed E-state index contributed by atoms with van der Waals surface area (Å²) >= 11 is 1.91. The first-order valence-corrected chi connectivity index (χ1v) is 8.39. The van der Waals surface area contributed by atoms with Gasteiger partial charge in [-0.15, -0.1) is 0 Å². The minimum absolute atomic E-state index is 0.0189. The number of sulfonamides is 1. The van der Waals surface area contributed by atoms with Gasteiger partial charge in [0.25, 0.3) is 0 Å². The molecule has 1 atom stereocenters. The summed E-state index contributed by atoms with van der Waals surface area (Å²) in [5.74, 6) is 0. The molecule has 0 heterocycles. The van der Waals surface area contributed by atoms with Gasteiger partial charge in [-0.05, 0) is 30.9 Å². The molecule has 0 aliphatic rings. The van der Waals surface area contributed by atoms with Crippen LogP contribution in [0.1, 0.15) is 33.1 Å². The van der Waals surface area contributed by atoms with Gasteiger partial charge in [0.2, 0.25) is 10.0 Å². The molecule has 102 valence electrons. The molecule has 2 N–H and O–H groups in total. The van der Waals surface area contributed by atoms with Gasteiger partial charge in [-0.3, -0.25) is 0 Å². The molecule has 6 heteroatoms. The molecule has 0 saturated carbocycles. The minimum Gasteiger partial charge on any atom is -0.384 e. The first-order valence-electron chi connectivity index (χ1n) is 5.53. The average molecular weight is 374 g/mol. The van der Waals surface area contributed by atoms with E-state index in [0.29, 0.717) is 6.42 Å². The number of rotatable bonds is 7. The van der Waals surface area contributed by atoms with Gasteiger partial charge in [0.1, 0.15) is 3.26 Å². The summed E-state index contributed by atoms with van der Waals surface area (Å²) in [6.07, 6.45) is 6.59. The van der Waals surface area contributed by atoms with Crippen molar-refractivity contribution in [2.24, 2.45) is 10.6 Å². The van der Waals surface area contributed by atoms with Crippen LogP contribution in [-0.4, -0.2) is 30.7 Å². The number of primary sulfonamides is 1. The standard InChI is InChI=1S/C11H23IN2O2S/c1-11(2,7-5-6-8-14(3)4)9-10(12)17(13,15)16/h6,8,10H,5,7,9H2,1-4H3,(H2,13,15,16). The normalized spacial score (nSPS) is 15.2. The Kier molecular flexibility index (Phi) is 7.01. The summed E-state index contributed by atoms with van der Waals surface area (Å²) in [6.45, 7) is 4.15. The zero-order valence-electron chi connectivity index (χ0n) is 11.0. The number of hydrogen-bond acceptors (Lipinski definition) is 3. The predicted octanol–water partition coefficient (Wildman–Crippen LogP) is 2.31. The van der Waals surface area contributed by atoms with Crippen molar-refractivity contribution in [2.45, 2.75) is 36.4 Å². The summed E-state index contributed by atoms with van der Waals surface area (Å²) < 4.78 is 21.8. The number of alkyl halides is 1. The molecular weight excluding hydrogens is 351 g/mol. The Hall–Kier alpha value is 0.180. The predicted molar refractivity (Wildman–Crippen MR) is 81.4 cm³/mol. The Balaban J connectivity index is 4.21. The molecule has 17 heavy (non-hydrogen) atoms. The maximum absolute atomic E-state index is 11.2. The van der Waals surface area contributed by atoms with E-state index in [1.54, 1.807) is 0 Å². The zero-order chi connectivity index (χ0) is 13.7. The third-order valence-electron chi connectivity index (χ3n) is 2.46. The lowest BCUT2D eigenvalue weighted by Gasteiger charge is -2.26. The van der Waals surface area contributed by atoms with E-state index >= 15 is 0 Å². The van der Waals surface area contributed by atoms with Crippen LogP contribution in [0.5, 0.6) is 0 Å². The van der Waals surface area contributed by atoms with E-state index in [1.807, 2.05) is 47.8 Å². The van der Waals surface area contributed by atoms with Crippen LogP contribution < -0.4 is 5.14 Å². The Morgan fingerprint density at radius 1 is 1.41 bits per heavy atom. The van der Waals surface area contributed by atoms with Gasteiger partial charge in [-0.2, -0.15) is 0 Å². The van der Waals surface area contributed by atoms with Crippen LogP contribution in [0.4, 0.5) is 0 Å². The van der Waals surface area contributed by atoms with Crippen molar-refractivity contribution in [3.8, 4) is 0 Å². The van der Waals surface area contributed by atoms with Gasteiger partial charge in [-0.1, -0.05) is 42.5 Å². The van der Waals surface area contributed by atoms with Crippen molar-refractivity contribution in [3.63, 3.8) is 0 Å². The molecule has 0 amide bonds. The highest BCUT2D eigenvalue weighted by Crippen LogP contribution is 2.32. The highest BCUT2D eigenvalue weighted by Gasteiger charge is 2.27. The Labute approximate surface area is 119 Å². The number of halogens is 1. The third-order valence-corrected chi connectivity index (χ3v) is 5.91. The van der Waals surface area contributed by atoms with E-state index in [1.165, 1.54) is 0 Å². The number of hydrogen-bond donors (Lipinski definition) is 1. The Morgan fingerprint density at radius 2 is 1.94 bits per heavy atom. The van der Waals surface area contributed by atoms with Crippen molar-refractivity contribution in [1.82, 2.24) is 4.90 Å². The lowest BCUT2D eigenvalue weighted by Crippen LogP contribution is -2.28. The molecule has 0 bridgehead atoms. The van der Waals surface area contributed by atoms with Crippen LogP contribution in [0.25, 0.3) is 0 Å². The second kappa shape index (κ2) is 6.94. The molecule has 0 fully saturated rings. The van der Waals surface area contributed by atoms with E-state index in [9.17, 15) is 8.42 Å². The van der Waals surface area contributed by atoms with Gasteiger partial charge >= 0.3 is 0 Å². The molecule has 0 spiro atoms. The Morgan fingerprint density at radius 3 is 2.35 bits per heavy atom. The summed E-state index contributed by atoms with van der Waals surface area (Å²) in [6, 6.07) is 0. The van der Waals surface area contributed by atoms with Crippen molar-refractivity contribution in [1.29, 1.82) is 0 Å². The van der Waals surface area contributed by atoms with Crippen LogP contribution in [0.3, 0.4) is 0 Å². The molecule has 0 aromatic carbocycles. The van der Waals surface area contributed by atoms with Crippen molar-refractivity contribution in [3.05, 3.63) is 12.3 Å². The smallest absolute Gasteiger partial charge is 0.221 e. The zero-order valence-corrected chi connectivity index (χ0v) is 14.0. The second-order valence-corrected chi connectivity index (χ2v) is 9.35. The van der Waals surface area contributed by atoms with Gasteiger partial charge in [0.05, 0.1) is 0 Å². The van der Waals surface area contributed by atoms with E-state index in [-0.39, 0.29) is 5.41 Å². The highest BCUT2D eigenvalue weighted by atomic mass is 127. The van der Waals surface area contributed by atoms with E-state index < -0.39 is 13.3 Å². The first-order chi connectivity index (χ1) is 7.54. The molecule has 0 aromatic rings. The molecule has 0 radical (unpaired) electrons. The lowest BCUT2D eigenvalue weighted by molar-refractivity contribution is 0.322. The SMILES string of the molecule is CN(C)C=CCCC(C)(C)CC(I)S(N)(=O)=O. The van der Waals surface area contributed by atoms with Gasteiger partial charge < -0.3 is 4.90 Å². The van der Waals surface area contributed by atoms with Gasteiger partial charge in [0, 0.05) is 14.1 Å². The molecule has 0 saturated heterocycles. The summed E-state index contributed by atoms with van der Waals surface area (Å²) in [5.41, 5.74) is -0.0189. The number of allylic oxidation sites excluding steroid dienone is 1. The molecule has 0 rings (SSSR count). The van der Waals surface area contributed by atoms with Crippen LogP contribution in [0, 0.1) is 5.41 Å². The van der Waals surface area contributed by atoms with E-state index in [4.69, 9.17) is 5.14 Å². The summed E-state index contributed by atoms with van der Waals surface area (Å²) in [4.78, 5) is 1.98. The fraction of sp³-hybridized carbons (Fsp3) is 0.818. The maximum Gasteiger partial charge on any atom is 0.221 e. The van der Waals surface area contributed by atoms with Crippen molar-refractivity contribution < 1.29 is 8.42 Å². The van der Waals surface area contributed by atoms with E-state index in [2.05, 4.69) is 19.9 Å². The maximum atomic E-state index is 11.2. The molecule has 1 unspecified atom stereocenters. The molecule has 0 aliphatic heterocycles. The summed E-state index contributed by atoms with van der Waals surface area (Å²) in [7, 11) is 0.532. The van der Waals surface area contributed by atoms with E-state index in [0.717, 1.165) is 12.8 Å². The van der Waals surface area contributed by atoms with Crippen LogP contribution in [0.15, 0.2) is 12.3 Å². The van der Waals surface area contributed by atoms with Crippen molar-refractivity contribution >= 4 is 32.6 Å². The molecule has 4 nitrogen and oxygen atoms in total. The topological polar surface area (TPSA) is 63.4 Å². The van der Waals surface area contributed by atoms with Crippen LogP contribution in [-0.2, 0) is 10.0 Å². The van der Waals surface area contributed by atoms with Crippen LogP contribution in [0.2, 0.25) is 0 Å².